The lowest BCUT2D eigenvalue weighted by atomic mass is 10.2. The Labute approximate surface area is 144 Å². The van der Waals surface area contributed by atoms with Crippen LogP contribution in [0.15, 0.2) is 39.3 Å². The maximum atomic E-state index is 6.20. The topological polar surface area (TPSA) is 21.3 Å². The van der Waals surface area contributed by atoms with Gasteiger partial charge in [0, 0.05) is 21.1 Å². The van der Waals surface area contributed by atoms with Crippen molar-refractivity contribution in [1.82, 2.24) is 0 Å². The smallest absolute Gasteiger partial charge is 0.123 e. The molecule has 0 radical (unpaired) electrons. The Morgan fingerprint density at radius 3 is 2.55 bits per heavy atom. The fourth-order valence-corrected chi connectivity index (χ4v) is 2.99. The largest absolute Gasteiger partial charge is 0.496 e. The third-order valence-corrected chi connectivity index (χ3v) is 5.01. The van der Waals surface area contributed by atoms with Crippen LogP contribution in [0.2, 0.25) is 10.0 Å². The molecule has 0 saturated carbocycles. The maximum Gasteiger partial charge on any atom is 0.123 e. The summed E-state index contributed by atoms with van der Waals surface area (Å²) in [5, 5.41) is 4.25. The number of methoxy groups -OCH3 is 1. The van der Waals surface area contributed by atoms with Gasteiger partial charge in [0.1, 0.15) is 5.75 Å². The molecule has 0 atom stereocenters. The van der Waals surface area contributed by atoms with Crippen LogP contribution in [0.3, 0.4) is 0 Å². The first-order chi connectivity index (χ1) is 9.52. The maximum absolute atomic E-state index is 6.20. The van der Waals surface area contributed by atoms with Crippen LogP contribution in [0.4, 0.5) is 5.69 Å². The van der Waals surface area contributed by atoms with Crippen molar-refractivity contribution in [3.05, 3.63) is 54.9 Å². The molecule has 0 aliphatic carbocycles. The summed E-state index contributed by atoms with van der Waals surface area (Å²) >= 11 is 19.1. The van der Waals surface area contributed by atoms with Gasteiger partial charge in [-0.3, -0.25) is 0 Å². The first-order valence-electron chi connectivity index (χ1n) is 5.72. The van der Waals surface area contributed by atoms with Crippen molar-refractivity contribution in [3.8, 4) is 5.75 Å². The van der Waals surface area contributed by atoms with Crippen LogP contribution in [-0.2, 0) is 6.54 Å². The molecule has 0 aromatic heterocycles. The summed E-state index contributed by atoms with van der Waals surface area (Å²) in [7, 11) is 1.65. The zero-order valence-electron chi connectivity index (χ0n) is 10.5. The van der Waals surface area contributed by atoms with E-state index >= 15 is 0 Å². The Hall–Kier alpha value is -0.420. The summed E-state index contributed by atoms with van der Waals surface area (Å²) in [6.07, 6.45) is 0. The molecule has 2 rings (SSSR count). The van der Waals surface area contributed by atoms with Gasteiger partial charge in [-0.05, 0) is 46.3 Å². The molecule has 0 spiro atoms. The van der Waals surface area contributed by atoms with Gasteiger partial charge in [0.25, 0.3) is 0 Å². The van der Waals surface area contributed by atoms with Crippen molar-refractivity contribution in [2.45, 2.75) is 6.54 Å². The Morgan fingerprint density at radius 1 is 1.10 bits per heavy atom. The van der Waals surface area contributed by atoms with Crippen molar-refractivity contribution >= 4 is 60.7 Å². The van der Waals surface area contributed by atoms with Crippen LogP contribution >= 0.6 is 55.1 Å². The fraction of sp³-hybridized carbons (Fsp3) is 0.143. The quantitative estimate of drug-likeness (QED) is 0.578. The zero-order chi connectivity index (χ0) is 14.7. The van der Waals surface area contributed by atoms with Crippen LogP contribution in [-0.4, -0.2) is 7.11 Å². The highest BCUT2D eigenvalue weighted by Crippen LogP contribution is 2.36. The molecule has 0 bridgehead atoms. The summed E-state index contributed by atoms with van der Waals surface area (Å²) in [6.45, 7) is 0.584. The molecule has 0 aliphatic heterocycles. The lowest BCUT2D eigenvalue weighted by molar-refractivity contribution is 0.410. The van der Waals surface area contributed by atoms with Gasteiger partial charge in [-0.15, -0.1) is 0 Å². The van der Waals surface area contributed by atoms with Crippen molar-refractivity contribution in [3.63, 3.8) is 0 Å². The van der Waals surface area contributed by atoms with Gasteiger partial charge in [0.15, 0.2) is 0 Å². The third-order valence-electron chi connectivity index (χ3n) is 2.75. The number of rotatable bonds is 4. The van der Waals surface area contributed by atoms with Gasteiger partial charge in [-0.1, -0.05) is 39.1 Å². The Bertz CT molecular complexity index is 635. The van der Waals surface area contributed by atoms with Gasteiger partial charge < -0.3 is 10.1 Å². The first kappa shape index (κ1) is 16.0. The highest BCUT2D eigenvalue weighted by Gasteiger charge is 2.09. The van der Waals surface area contributed by atoms with Crippen LogP contribution in [0.5, 0.6) is 5.75 Å². The second-order valence-corrected chi connectivity index (χ2v) is 6.56. The summed E-state index contributed by atoms with van der Waals surface area (Å²) in [4.78, 5) is 0. The van der Waals surface area contributed by atoms with E-state index in [1.807, 2.05) is 30.3 Å². The summed E-state index contributed by atoms with van der Waals surface area (Å²) in [5.41, 5.74) is 1.80. The molecule has 0 heterocycles. The Kier molecular flexibility index (Phi) is 5.61. The number of hydrogen-bond acceptors (Lipinski definition) is 2. The zero-order valence-corrected chi connectivity index (χ0v) is 15.2. The Morgan fingerprint density at radius 2 is 1.85 bits per heavy atom. The van der Waals surface area contributed by atoms with E-state index in [0.717, 1.165) is 25.9 Å². The minimum absolute atomic E-state index is 0.495. The second-order valence-electron chi connectivity index (χ2n) is 4.03. The normalized spacial score (nSPS) is 10.4. The molecule has 0 aliphatic rings. The highest BCUT2D eigenvalue weighted by atomic mass is 79.9. The predicted molar refractivity (Wildman–Crippen MR) is 92.2 cm³/mol. The number of nitrogens with one attached hydrogen (secondary N) is 1. The standard InChI is InChI=1S/C14H11Br2Cl2NO/c1-20-12-5-2-9(15)6-8(12)7-19-11-4-3-10(16)13(17)14(11)18/h2-6,19H,7H2,1H3. The van der Waals surface area contributed by atoms with Gasteiger partial charge in [0.05, 0.1) is 22.8 Å². The molecular weight excluding hydrogens is 429 g/mol. The lowest BCUT2D eigenvalue weighted by Gasteiger charge is -2.13. The first-order valence-corrected chi connectivity index (χ1v) is 8.07. The fourth-order valence-electron chi connectivity index (χ4n) is 1.74. The average molecular weight is 440 g/mol. The molecule has 2 aromatic rings. The number of hydrogen-bond donors (Lipinski definition) is 1. The van der Waals surface area contributed by atoms with E-state index in [1.165, 1.54) is 0 Å². The predicted octanol–water partition coefficient (Wildman–Crippen LogP) is 6.14. The third kappa shape index (κ3) is 3.61. The monoisotopic (exact) mass is 437 g/mol. The molecule has 0 fully saturated rings. The van der Waals surface area contributed by atoms with Crippen molar-refractivity contribution in [2.24, 2.45) is 0 Å². The summed E-state index contributed by atoms with van der Waals surface area (Å²) < 4.78 is 7.10. The summed E-state index contributed by atoms with van der Waals surface area (Å²) in [5.74, 6) is 0.819. The molecular formula is C14H11Br2Cl2NO. The minimum atomic E-state index is 0.495. The van der Waals surface area contributed by atoms with Gasteiger partial charge >= 0.3 is 0 Å². The molecule has 0 saturated heterocycles. The van der Waals surface area contributed by atoms with E-state index in [-0.39, 0.29) is 0 Å². The van der Waals surface area contributed by atoms with E-state index in [0.29, 0.717) is 16.6 Å². The number of anilines is 1. The van der Waals surface area contributed by atoms with Gasteiger partial charge in [0.2, 0.25) is 0 Å². The van der Waals surface area contributed by atoms with Crippen molar-refractivity contribution < 1.29 is 4.74 Å². The molecule has 2 nitrogen and oxygen atoms in total. The molecule has 106 valence electrons. The van der Waals surface area contributed by atoms with Gasteiger partial charge in [-0.2, -0.15) is 0 Å². The number of benzene rings is 2. The highest BCUT2D eigenvalue weighted by molar-refractivity contribution is 9.10. The Balaban J connectivity index is 2.21. The van der Waals surface area contributed by atoms with Crippen LogP contribution in [0, 0.1) is 0 Å². The van der Waals surface area contributed by atoms with E-state index in [9.17, 15) is 0 Å². The molecule has 2 aromatic carbocycles. The van der Waals surface area contributed by atoms with Crippen LogP contribution in [0.1, 0.15) is 5.56 Å². The van der Waals surface area contributed by atoms with Gasteiger partial charge in [-0.25, -0.2) is 0 Å². The minimum Gasteiger partial charge on any atom is -0.496 e. The summed E-state index contributed by atoms with van der Waals surface area (Å²) in [6, 6.07) is 9.58. The van der Waals surface area contributed by atoms with Crippen molar-refractivity contribution in [1.29, 1.82) is 0 Å². The van der Waals surface area contributed by atoms with Crippen LogP contribution in [0.25, 0.3) is 0 Å². The molecule has 6 heteroatoms. The number of ether oxygens (including phenoxy) is 1. The molecule has 0 amide bonds. The number of halogens is 4. The molecule has 1 N–H and O–H groups in total. The van der Waals surface area contributed by atoms with Crippen molar-refractivity contribution in [2.75, 3.05) is 12.4 Å². The molecule has 0 unspecified atom stereocenters. The van der Waals surface area contributed by atoms with E-state index < -0.39 is 0 Å². The lowest BCUT2D eigenvalue weighted by Crippen LogP contribution is -2.02. The van der Waals surface area contributed by atoms with E-state index in [2.05, 4.69) is 37.2 Å². The second kappa shape index (κ2) is 7.03. The van der Waals surface area contributed by atoms with E-state index in [4.69, 9.17) is 27.9 Å². The SMILES string of the molecule is COc1ccc(Br)cc1CNc1ccc(Br)c(Cl)c1Cl. The average Bonchev–Trinajstić information content (AvgIpc) is 2.44. The van der Waals surface area contributed by atoms with Crippen LogP contribution < -0.4 is 10.1 Å². The van der Waals surface area contributed by atoms with E-state index in [1.54, 1.807) is 7.11 Å². The molecule has 20 heavy (non-hydrogen) atoms.